The summed E-state index contributed by atoms with van der Waals surface area (Å²) in [6.07, 6.45) is 0.682. The number of amides is 1. The quantitative estimate of drug-likeness (QED) is 0.815. The van der Waals surface area contributed by atoms with E-state index in [0.717, 1.165) is 11.3 Å². The largest absolute Gasteiger partial charge is 0.338 e. The number of rotatable bonds is 4. The number of hydrogen-bond acceptors (Lipinski definition) is 4. The molecule has 0 aliphatic heterocycles. The monoisotopic (exact) mass is 225 g/mol. The van der Waals surface area contributed by atoms with Gasteiger partial charge in [0.05, 0.1) is 11.1 Å². The molecular formula is C11H19N3O2. The van der Waals surface area contributed by atoms with Crippen LogP contribution in [0.1, 0.15) is 31.5 Å². The Kier molecular flexibility index (Phi) is 3.70. The number of hydrogen-bond donors (Lipinski definition) is 2. The number of nitrogens with two attached hydrogens (primary N) is 1. The first-order chi connectivity index (χ1) is 7.44. The average Bonchev–Trinajstić information content (AvgIpc) is 2.59. The molecule has 1 heterocycles. The van der Waals surface area contributed by atoms with Gasteiger partial charge < -0.3 is 10.3 Å². The molecule has 16 heavy (non-hydrogen) atoms. The number of aryl methyl sites for hydroxylation is 1. The number of nitrogens with zero attached hydrogens (tertiary/aromatic N) is 1. The molecule has 1 amide bonds. The van der Waals surface area contributed by atoms with E-state index >= 15 is 0 Å². The molecule has 0 aliphatic rings. The summed E-state index contributed by atoms with van der Waals surface area (Å²) in [5, 5.41) is 6.51. The van der Waals surface area contributed by atoms with Crippen molar-refractivity contribution < 1.29 is 9.32 Å². The molecular weight excluding hydrogens is 206 g/mol. The highest BCUT2D eigenvalue weighted by molar-refractivity contribution is 5.94. The minimum atomic E-state index is -0.562. The van der Waals surface area contributed by atoms with Gasteiger partial charge in [-0.15, -0.1) is 0 Å². The Hall–Kier alpha value is -1.36. The van der Waals surface area contributed by atoms with E-state index in [0.29, 0.717) is 18.8 Å². The van der Waals surface area contributed by atoms with Crippen molar-refractivity contribution in [3.8, 4) is 0 Å². The zero-order chi connectivity index (χ0) is 12.3. The highest BCUT2D eigenvalue weighted by Gasteiger charge is 2.30. The van der Waals surface area contributed by atoms with Gasteiger partial charge in [0.2, 0.25) is 11.8 Å². The molecule has 1 atom stereocenters. The van der Waals surface area contributed by atoms with Gasteiger partial charge in [-0.3, -0.25) is 10.1 Å². The van der Waals surface area contributed by atoms with Crippen molar-refractivity contribution in [3.05, 3.63) is 11.3 Å². The van der Waals surface area contributed by atoms with Crippen LogP contribution >= 0.6 is 0 Å². The molecule has 0 saturated carbocycles. The molecule has 1 aromatic heterocycles. The van der Waals surface area contributed by atoms with Crippen LogP contribution in [0.5, 0.6) is 0 Å². The maximum Gasteiger partial charge on any atom is 0.234 e. The summed E-state index contributed by atoms with van der Waals surface area (Å²) in [4.78, 5) is 12.0. The molecule has 0 fully saturated rings. The first-order valence-corrected chi connectivity index (χ1v) is 5.39. The highest BCUT2D eigenvalue weighted by atomic mass is 16.5. The summed E-state index contributed by atoms with van der Waals surface area (Å²) in [7, 11) is 0. The van der Waals surface area contributed by atoms with E-state index in [-0.39, 0.29) is 5.91 Å². The van der Waals surface area contributed by atoms with Gasteiger partial charge in [-0.2, -0.15) is 0 Å². The van der Waals surface area contributed by atoms with Crippen molar-refractivity contribution in [3.63, 3.8) is 0 Å². The van der Waals surface area contributed by atoms with Crippen LogP contribution in [0.3, 0.4) is 0 Å². The molecule has 1 aromatic rings. The number of carbonyl (C=O) groups is 1. The van der Waals surface area contributed by atoms with Crippen molar-refractivity contribution in [2.75, 3.05) is 11.9 Å². The molecule has 0 bridgehead atoms. The van der Waals surface area contributed by atoms with Crippen LogP contribution in [0, 0.1) is 19.3 Å². The molecule has 0 radical (unpaired) electrons. The van der Waals surface area contributed by atoms with Crippen molar-refractivity contribution in [1.82, 2.24) is 5.16 Å². The first kappa shape index (κ1) is 12.7. The third kappa shape index (κ3) is 2.24. The fraction of sp³-hybridized carbons (Fsp3) is 0.636. The van der Waals surface area contributed by atoms with Crippen molar-refractivity contribution in [2.24, 2.45) is 11.1 Å². The summed E-state index contributed by atoms with van der Waals surface area (Å²) in [6.45, 7) is 7.76. The molecule has 5 nitrogen and oxygen atoms in total. The highest BCUT2D eigenvalue weighted by Crippen LogP contribution is 2.24. The summed E-state index contributed by atoms with van der Waals surface area (Å²) in [5.74, 6) is 0.285. The summed E-state index contributed by atoms with van der Waals surface area (Å²) in [6, 6.07) is 0. The van der Waals surface area contributed by atoms with E-state index in [1.165, 1.54) is 0 Å². The zero-order valence-corrected chi connectivity index (χ0v) is 10.3. The Bertz CT molecular complexity index is 381. The third-order valence-electron chi connectivity index (χ3n) is 3.16. The van der Waals surface area contributed by atoms with E-state index in [1.807, 2.05) is 27.7 Å². The normalized spacial score (nSPS) is 14.6. The number of nitrogens with one attached hydrogen (secondary N) is 1. The Morgan fingerprint density at radius 1 is 1.56 bits per heavy atom. The van der Waals surface area contributed by atoms with E-state index in [9.17, 15) is 4.79 Å². The summed E-state index contributed by atoms with van der Waals surface area (Å²) >= 11 is 0. The van der Waals surface area contributed by atoms with Crippen LogP contribution in [0.2, 0.25) is 0 Å². The minimum Gasteiger partial charge on any atom is -0.338 e. The Morgan fingerprint density at radius 3 is 2.56 bits per heavy atom. The maximum absolute atomic E-state index is 12.0. The molecule has 5 heteroatoms. The van der Waals surface area contributed by atoms with Gasteiger partial charge in [-0.25, -0.2) is 0 Å². The van der Waals surface area contributed by atoms with Gasteiger partial charge in [0, 0.05) is 12.1 Å². The van der Waals surface area contributed by atoms with Crippen molar-refractivity contribution in [2.45, 2.75) is 34.1 Å². The van der Waals surface area contributed by atoms with E-state index in [1.54, 1.807) is 0 Å². The van der Waals surface area contributed by atoms with E-state index < -0.39 is 5.41 Å². The van der Waals surface area contributed by atoms with Crippen LogP contribution in [0.4, 0.5) is 5.88 Å². The number of carbonyl (C=O) groups excluding carboxylic acids is 1. The number of aromatic nitrogens is 1. The fourth-order valence-electron chi connectivity index (χ4n) is 1.18. The molecule has 0 aromatic carbocycles. The van der Waals surface area contributed by atoms with Gasteiger partial charge in [-0.1, -0.05) is 12.1 Å². The zero-order valence-electron chi connectivity index (χ0n) is 10.3. The summed E-state index contributed by atoms with van der Waals surface area (Å²) in [5.41, 5.74) is 6.68. The molecule has 0 saturated heterocycles. The molecule has 1 unspecified atom stereocenters. The second-order valence-corrected chi connectivity index (χ2v) is 4.29. The SMILES string of the molecule is CCC(C)(CN)C(=O)Nc1onc(C)c1C. The lowest BCUT2D eigenvalue weighted by Crippen LogP contribution is -2.39. The molecule has 1 rings (SSSR count). The van der Waals surface area contributed by atoms with Crippen LogP contribution in [0.25, 0.3) is 0 Å². The Balaban J connectivity index is 2.82. The fourth-order valence-corrected chi connectivity index (χ4v) is 1.18. The third-order valence-corrected chi connectivity index (χ3v) is 3.16. The lowest BCUT2D eigenvalue weighted by molar-refractivity contribution is -0.124. The molecule has 90 valence electrons. The van der Waals surface area contributed by atoms with Crippen LogP contribution in [-0.2, 0) is 4.79 Å². The van der Waals surface area contributed by atoms with Crippen molar-refractivity contribution >= 4 is 11.8 Å². The lowest BCUT2D eigenvalue weighted by atomic mass is 9.87. The molecule has 0 spiro atoms. The van der Waals surface area contributed by atoms with Crippen molar-refractivity contribution in [1.29, 1.82) is 0 Å². The standard InChI is InChI=1S/C11H19N3O2/c1-5-11(4,6-12)10(15)13-9-7(2)8(3)14-16-9/h5-6,12H2,1-4H3,(H,13,15). The van der Waals surface area contributed by atoms with Gasteiger partial charge in [0.15, 0.2) is 0 Å². The summed E-state index contributed by atoms with van der Waals surface area (Å²) < 4.78 is 5.03. The first-order valence-electron chi connectivity index (χ1n) is 5.39. The van der Waals surface area contributed by atoms with E-state index in [4.69, 9.17) is 10.3 Å². The van der Waals surface area contributed by atoms with E-state index in [2.05, 4.69) is 10.5 Å². The van der Waals surface area contributed by atoms with Gasteiger partial charge >= 0.3 is 0 Å². The average molecular weight is 225 g/mol. The van der Waals surface area contributed by atoms with Gasteiger partial charge in [0.25, 0.3) is 0 Å². The topological polar surface area (TPSA) is 81.2 Å². The van der Waals surface area contributed by atoms with Crippen LogP contribution in [0.15, 0.2) is 4.52 Å². The smallest absolute Gasteiger partial charge is 0.234 e. The lowest BCUT2D eigenvalue weighted by Gasteiger charge is -2.24. The van der Waals surface area contributed by atoms with Crippen LogP contribution < -0.4 is 11.1 Å². The number of anilines is 1. The second-order valence-electron chi connectivity index (χ2n) is 4.29. The maximum atomic E-state index is 12.0. The van der Waals surface area contributed by atoms with Gasteiger partial charge in [-0.05, 0) is 27.2 Å². The molecule has 3 N–H and O–H groups in total. The Morgan fingerprint density at radius 2 is 2.19 bits per heavy atom. The second kappa shape index (κ2) is 4.65. The Labute approximate surface area is 95.4 Å². The predicted molar refractivity (Wildman–Crippen MR) is 62.1 cm³/mol. The predicted octanol–water partition coefficient (Wildman–Crippen LogP) is 1.60. The molecule has 0 aliphatic carbocycles. The minimum absolute atomic E-state index is 0.128. The van der Waals surface area contributed by atoms with Gasteiger partial charge in [0.1, 0.15) is 0 Å². The van der Waals surface area contributed by atoms with Crippen LogP contribution in [-0.4, -0.2) is 17.6 Å².